The normalized spacial score (nSPS) is 13.7. The number of carbonyl (C=O) groups excluding carboxylic acids is 2. The number of thiophene rings is 1. The van der Waals surface area contributed by atoms with Crippen LogP contribution in [0.3, 0.4) is 0 Å². The second-order valence-electron chi connectivity index (χ2n) is 18.7. The third kappa shape index (κ3) is 12.0. The summed E-state index contributed by atoms with van der Waals surface area (Å²) >= 11 is 1.33. The Morgan fingerprint density at radius 1 is 0.917 bits per heavy atom. The maximum absolute atomic E-state index is 14.3. The van der Waals surface area contributed by atoms with Gasteiger partial charge in [0.1, 0.15) is 47.0 Å². The zero-order valence-corrected chi connectivity index (χ0v) is 42.3. The van der Waals surface area contributed by atoms with Gasteiger partial charge in [-0.05, 0) is 111 Å². The predicted octanol–water partition coefficient (Wildman–Crippen LogP) is 9.70. The number of halogens is 1. The van der Waals surface area contributed by atoms with Crippen LogP contribution in [0.2, 0.25) is 0 Å². The van der Waals surface area contributed by atoms with Crippen molar-refractivity contribution in [2.75, 3.05) is 53.4 Å². The molecule has 4 aromatic carbocycles. The second-order valence-corrected chi connectivity index (χ2v) is 19.7. The molecule has 17 heteroatoms. The van der Waals surface area contributed by atoms with Crippen LogP contribution in [0.15, 0.2) is 97.5 Å². The van der Waals surface area contributed by atoms with Crippen molar-refractivity contribution in [1.82, 2.24) is 34.6 Å². The first-order chi connectivity index (χ1) is 34.6. The molecule has 0 saturated carbocycles. The standard InChI is InChI=1S/C55H58FN7O8S/c1-34-35(2)42(18-15-38(34)31-64)47-48-51(58-33-59-52(48)72-49(47)37-13-16-40(56)17-14-37)70-46(53(65)66)29-39-28-36(30-63(54(67)71-55(3,4)5)27-26-62-24-22-61(6)23-25-62)12-19-44(39)69-32-41-20-21-57-50(60-41)43-10-8-9-11-45(43)68-7/h8-21,28,31,33,46H,22-27,29-30,32H2,1-7H3,(H,65,66). The first kappa shape index (κ1) is 51.0. The number of carbonyl (C=O) groups is 3. The zero-order chi connectivity index (χ0) is 51.1. The van der Waals surface area contributed by atoms with E-state index in [2.05, 4.69) is 31.8 Å². The largest absolute Gasteiger partial charge is 0.496 e. The van der Waals surface area contributed by atoms with Crippen molar-refractivity contribution in [3.63, 3.8) is 0 Å². The molecule has 0 radical (unpaired) electrons. The molecule has 4 heterocycles. The third-order valence-corrected chi connectivity index (χ3v) is 13.7. The minimum Gasteiger partial charge on any atom is -0.496 e. The van der Waals surface area contributed by atoms with Gasteiger partial charge in [-0.15, -0.1) is 11.3 Å². The molecular weight excluding hydrogens is 938 g/mol. The summed E-state index contributed by atoms with van der Waals surface area (Å²) in [6.45, 7) is 14.1. The minimum absolute atomic E-state index is 0.00326. The lowest BCUT2D eigenvalue weighted by Gasteiger charge is -2.34. The number of para-hydroxylation sites is 1. The van der Waals surface area contributed by atoms with Crippen molar-refractivity contribution < 1.29 is 42.8 Å². The number of aliphatic carboxylic acids is 1. The topological polar surface area (TPSA) is 170 Å². The molecule has 1 aliphatic heterocycles. The Labute approximate surface area is 422 Å². The van der Waals surface area contributed by atoms with Crippen molar-refractivity contribution in [2.24, 2.45) is 0 Å². The van der Waals surface area contributed by atoms with E-state index in [1.807, 2.05) is 77.1 Å². The molecule has 1 N–H and O–H groups in total. The highest BCUT2D eigenvalue weighted by atomic mass is 32.1. The van der Waals surface area contributed by atoms with Crippen molar-refractivity contribution in [3.05, 3.63) is 137 Å². The van der Waals surface area contributed by atoms with Crippen LogP contribution in [-0.2, 0) is 29.1 Å². The number of hydrogen-bond acceptors (Lipinski definition) is 14. The van der Waals surface area contributed by atoms with Crippen LogP contribution >= 0.6 is 11.3 Å². The fourth-order valence-electron chi connectivity index (χ4n) is 8.55. The first-order valence-electron chi connectivity index (χ1n) is 23.7. The number of carboxylic acids is 1. The molecule has 0 bridgehead atoms. The lowest BCUT2D eigenvalue weighted by Crippen LogP contribution is -2.48. The summed E-state index contributed by atoms with van der Waals surface area (Å²) in [5.74, 6) is -0.222. The van der Waals surface area contributed by atoms with Crippen LogP contribution in [0.1, 0.15) is 59.1 Å². The average Bonchev–Trinajstić information content (AvgIpc) is 3.76. The molecule has 15 nitrogen and oxygen atoms in total. The maximum atomic E-state index is 14.3. The number of aromatic nitrogens is 4. The van der Waals surface area contributed by atoms with Gasteiger partial charge in [-0.25, -0.2) is 33.9 Å². The number of amides is 1. The Hall–Kier alpha value is -7.34. The molecule has 374 valence electrons. The highest BCUT2D eigenvalue weighted by molar-refractivity contribution is 7.22. The molecular formula is C55H58FN7O8S. The van der Waals surface area contributed by atoms with Crippen molar-refractivity contribution in [1.29, 1.82) is 0 Å². The van der Waals surface area contributed by atoms with Gasteiger partial charge in [-0.3, -0.25) is 9.69 Å². The molecule has 1 saturated heterocycles. The van der Waals surface area contributed by atoms with Crippen LogP contribution in [0, 0.1) is 19.7 Å². The molecule has 1 atom stereocenters. The predicted molar refractivity (Wildman–Crippen MR) is 274 cm³/mol. The minimum atomic E-state index is -1.52. The van der Waals surface area contributed by atoms with E-state index in [1.165, 1.54) is 29.8 Å². The van der Waals surface area contributed by atoms with Gasteiger partial charge in [0.25, 0.3) is 0 Å². The second kappa shape index (κ2) is 22.4. The number of aldehydes is 1. The molecule has 72 heavy (non-hydrogen) atoms. The fraction of sp³-hybridized carbons (Fsp3) is 0.327. The van der Waals surface area contributed by atoms with Gasteiger partial charge in [0.2, 0.25) is 12.0 Å². The van der Waals surface area contributed by atoms with Crippen molar-refractivity contribution in [2.45, 2.75) is 65.9 Å². The van der Waals surface area contributed by atoms with Crippen LogP contribution < -0.4 is 14.2 Å². The van der Waals surface area contributed by atoms with Crippen LogP contribution in [-0.4, -0.2) is 123 Å². The molecule has 1 aliphatic rings. The quantitative estimate of drug-likeness (QED) is 0.0806. The Kier molecular flexibility index (Phi) is 15.9. The highest BCUT2D eigenvalue weighted by Gasteiger charge is 2.30. The van der Waals surface area contributed by atoms with Gasteiger partial charge < -0.3 is 33.9 Å². The smallest absolute Gasteiger partial charge is 0.410 e. The van der Waals surface area contributed by atoms with E-state index < -0.39 is 29.6 Å². The van der Waals surface area contributed by atoms with Gasteiger partial charge in [-0.2, -0.15) is 0 Å². The van der Waals surface area contributed by atoms with E-state index in [0.29, 0.717) is 79.7 Å². The number of fused-ring (bicyclic) bond motifs is 1. The summed E-state index contributed by atoms with van der Waals surface area (Å²) in [5, 5.41) is 11.5. The number of methoxy groups -OCH3 is 1. The van der Waals surface area contributed by atoms with E-state index in [9.17, 15) is 23.9 Å². The van der Waals surface area contributed by atoms with Crippen molar-refractivity contribution >= 4 is 39.9 Å². The summed E-state index contributed by atoms with van der Waals surface area (Å²) in [6.07, 6.45) is 1.59. The number of piperazine rings is 1. The molecule has 3 aromatic heterocycles. The number of benzene rings is 4. The monoisotopic (exact) mass is 995 g/mol. The van der Waals surface area contributed by atoms with E-state index in [0.717, 1.165) is 54.0 Å². The van der Waals surface area contributed by atoms with Crippen LogP contribution in [0.25, 0.3) is 43.2 Å². The summed E-state index contributed by atoms with van der Waals surface area (Å²) in [6, 6.07) is 24.3. The van der Waals surface area contributed by atoms with Gasteiger partial charge in [0, 0.05) is 74.4 Å². The lowest BCUT2D eigenvalue weighted by molar-refractivity contribution is -0.145. The molecule has 0 spiro atoms. The average molecular weight is 996 g/mol. The Balaban J connectivity index is 1.17. The molecule has 1 fully saturated rings. The number of carboxylic acid groups (broad SMARTS) is 1. The Morgan fingerprint density at radius 2 is 1.68 bits per heavy atom. The summed E-state index contributed by atoms with van der Waals surface area (Å²) in [4.78, 5) is 65.3. The van der Waals surface area contributed by atoms with Crippen molar-refractivity contribution in [3.8, 4) is 50.3 Å². The van der Waals surface area contributed by atoms with E-state index in [4.69, 9.17) is 23.9 Å². The van der Waals surface area contributed by atoms with Crippen LogP contribution in [0.4, 0.5) is 9.18 Å². The Morgan fingerprint density at radius 3 is 2.40 bits per heavy atom. The summed E-state index contributed by atoms with van der Waals surface area (Å²) in [7, 11) is 3.68. The Bertz CT molecular complexity index is 3080. The molecule has 7 aromatic rings. The SMILES string of the molecule is COc1ccccc1-c1nccc(COc2ccc(CN(CCN3CCN(C)CC3)C(=O)OC(C)(C)C)cc2CC(Oc2ncnc3sc(-c4ccc(F)cc4)c(-c4ccc(C=O)c(C)c4C)c23)C(=O)O)n1. The van der Waals surface area contributed by atoms with Gasteiger partial charge in [-0.1, -0.05) is 48.5 Å². The number of rotatable bonds is 18. The maximum Gasteiger partial charge on any atom is 0.410 e. The summed E-state index contributed by atoms with van der Waals surface area (Å²) in [5.41, 5.74) is 5.94. The number of ether oxygens (including phenoxy) is 4. The van der Waals surface area contributed by atoms with E-state index in [1.54, 1.807) is 48.5 Å². The van der Waals surface area contributed by atoms with Crippen LogP contribution in [0.5, 0.6) is 17.4 Å². The van der Waals surface area contributed by atoms with Gasteiger partial charge in [0.15, 0.2) is 5.82 Å². The highest BCUT2D eigenvalue weighted by Crippen LogP contribution is 2.48. The van der Waals surface area contributed by atoms with Gasteiger partial charge in [0.05, 0.1) is 23.8 Å². The molecule has 8 rings (SSSR count). The molecule has 1 unspecified atom stereocenters. The number of hydrogen-bond donors (Lipinski definition) is 1. The lowest BCUT2D eigenvalue weighted by atomic mass is 9.91. The van der Waals surface area contributed by atoms with E-state index >= 15 is 0 Å². The molecule has 0 aliphatic carbocycles. The first-order valence-corrected chi connectivity index (χ1v) is 24.5. The van der Waals surface area contributed by atoms with E-state index in [-0.39, 0.29) is 25.5 Å². The van der Waals surface area contributed by atoms with Gasteiger partial charge >= 0.3 is 12.1 Å². The fourth-order valence-corrected chi connectivity index (χ4v) is 9.70. The number of nitrogens with zero attached hydrogens (tertiary/aromatic N) is 7. The summed E-state index contributed by atoms with van der Waals surface area (Å²) < 4.78 is 38.8. The zero-order valence-electron chi connectivity index (χ0n) is 41.5. The number of likely N-dealkylation sites (N-methyl/N-ethyl adjacent to an activating group) is 1. The molecule has 1 amide bonds. The third-order valence-electron chi connectivity index (χ3n) is 12.6.